The number of nitrogens with zero attached hydrogens (tertiary/aromatic N) is 3. The van der Waals surface area contributed by atoms with Gasteiger partial charge in [-0.25, -0.2) is 9.78 Å². The third-order valence-electron chi connectivity index (χ3n) is 5.13. The number of carbonyl (C=O) groups is 4. The van der Waals surface area contributed by atoms with Crippen LogP contribution in [0.4, 0.5) is 5.13 Å². The third kappa shape index (κ3) is 4.41. The summed E-state index contributed by atoms with van der Waals surface area (Å²) in [6, 6.07) is -0.939. The van der Waals surface area contributed by atoms with Gasteiger partial charge in [0.15, 0.2) is 10.8 Å². The number of oxime groups is 1. The first-order valence-corrected chi connectivity index (χ1v) is 11.8. The smallest absolute Gasteiger partial charge is 0.352 e. The largest absolute Gasteiger partial charge is 0.477 e. The number of carboxylic acids is 1. The van der Waals surface area contributed by atoms with Gasteiger partial charge in [-0.1, -0.05) is 23.9 Å². The normalized spacial score (nSPS) is 24.1. The van der Waals surface area contributed by atoms with Crippen LogP contribution in [0.3, 0.4) is 0 Å². The quantitative estimate of drug-likeness (QED) is 0.153. The molecule has 33 heavy (non-hydrogen) atoms. The molecule has 1 aromatic heterocycles. The van der Waals surface area contributed by atoms with Gasteiger partial charge in [0.25, 0.3) is 11.8 Å². The third-order valence-corrected chi connectivity index (χ3v) is 7.20. The average Bonchev–Trinajstić information content (AvgIpc) is 3.49. The van der Waals surface area contributed by atoms with Gasteiger partial charge in [-0.2, -0.15) is 0 Å². The predicted octanol–water partition coefficient (Wildman–Crippen LogP) is 1.08. The summed E-state index contributed by atoms with van der Waals surface area (Å²) >= 11 is 2.43. The Kier molecular flexibility index (Phi) is 6.60. The Balaban J connectivity index is 1.54. The number of thioether (sulfide) groups is 1. The lowest BCUT2D eigenvalue weighted by Crippen LogP contribution is -2.71. The topological polar surface area (TPSA) is 150 Å². The number of fused-ring (bicyclic) bond motifs is 1. The van der Waals surface area contributed by atoms with Crippen LogP contribution in [0.2, 0.25) is 0 Å². The molecule has 3 atom stereocenters. The van der Waals surface area contributed by atoms with Crippen molar-refractivity contribution in [3.05, 3.63) is 47.2 Å². The standard InChI is InChI=1S/C20H19N5O6S2/c1-2-10-7-32-18-14(17(28)25(18)15(10)19(29)30)23-16(27)13(24-31-11-5-3-4-6-11)12-8-33-20(22-12)21-9-26/h2-3,5,8-9,11,14,18H,1,4,6-7H2,(H,23,27)(H,29,30)(H,21,22,26)/b24-13-/t11?,14?,18-/m1/s1. The highest BCUT2D eigenvalue weighted by Gasteiger charge is 2.54. The predicted molar refractivity (Wildman–Crippen MR) is 121 cm³/mol. The fraction of sp³-hybridized carbons (Fsp3) is 0.300. The number of hydrogen-bond acceptors (Lipinski definition) is 9. The second-order valence-electron chi connectivity index (χ2n) is 7.13. The van der Waals surface area contributed by atoms with Crippen LogP contribution in [0.1, 0.15) is 18.5 Å². The van der Waals surface area contributed by atoms with E-state index in [4.69, 9.17) is 4.84 Å². The first-order chi connectivity index (χ1) is 15.9. The van der Waals surface area contributed by atoms with Crippen LogP contribution in [-0.4, -0.2) is 68.2 Å². The highest BCUT2D eigenvalue weighted by molar-refractivity contribution is 8.00. The van der Waals surface area contributed by atoms with Crippen LogP contribution in [0.25, 0.3) is 0 Å². The summed E-state index contributed by atoms with van der Waals surface area (Å²) in [7, 11) is 0. The molecule has 3 aliphatic rings. The van der Waals surface area contributed by atoms with Gasteiger partial charge in [-0.15, -0.1) is 23.1 Å². The van der Waals surface area contributed by atoms with E-state index in [-0.39, 0.29) is 28.3 Å². The van der Waals surface area contributed by atoms with E-state index in [0.29, 0.717) is 17.7 Å². The summed E-state index contributed by atoms with van der Waals surface area (Å²) in [5.41, 5.74) is 0.334. The van der Waals surface area contributed by atoms with Crippen molar-refractivity contribution in [2.24, 2.45) is 5.16 Å². The van der Waals surface area contributed by atoms with E-state index >= 15 is 0 Å². The summed E-state index contributed by atoms with van der Waals surface area (Å²) in [4.78, 5) is 59.0. The molecule has 1 aliphatic carbocycles. The van der Waals surface area contributed by atoms with Crippen molar-refractivity contribution in [3.63, 3.8) is 0 Å². The van der Waals surface area contributed by atoms with Crippen LogP contribution in [0.15, 0.2) is 46.6 Å². The molecule has 172 valence electrons. The number of β-lactam (4-membered cyclic amide) rings is 1. The molecular formula is C20H19N5O6S2. The van der Waals surface area contributed by atoms with Crippen LogP contribution >= 0.6 is 23.1 Å². The maximum atomic E-state index is 13.1. The van der Waals surface area contributed by atoms with E-state index in [9.17, 15) is 24.3 Å². The Morgan fingerprint density at radius 1 is 1.42 bits per heavy atom. The minimum atomic E-state index is -1.23. The molecule has 3 N–H and O–H groups in total. The minimum absolute atomic E-state index is 0.126. The van der Waals surface area contributed by atoms with Crippen molar-refractivity contribution in [1.29, 1.82) is 0 Å². The second kappa shape index (κ2) is 9.58. The fourth-order valence-corrected chi connectivity index (χ4v) is 5.52. The lowest BCUT2D eigenvalue weighted by Gasteiger charge is -2.49. The first kappa shape index (κ1) is 22.7. The summed E-state index contributed by atoms with van der Waals surface area (Å²) in [6.45, 7) is 3.61. The molecule has 0 saturated carbocycles. The van der Waals surface area contributed by atoms with Crippen molar-refractivity contribution < 1.29 is 29.1 Å². The number of anilines is 1. The van der Waals surface area contributed by atoms with Crippen LogP contribution in [0.5, 0.6) is 0 Å². The van der Waals surface area contributed by atoms with Gasteiger partial charge >= 0.3 is 5.97 Å². The maximum Gasteiger partial charge on any atom is 0.352 e. The first-order valence-electron chi connectivity index (χ1n) is 9.85. The Labute approximate surface area is 196 Å². The van der Waals surface area contributed by atoms with Crippen molar-refractivity contribution in [2.45, 2.75) is 30.4 Å². The van der Waals surface area contributed by atoms with E-state index < -0.39 is 29.2 Å². The molecule has 4 rings (SSSR count). The Hall–Kier alpha value is -3.45. The molecule has 1 aromatic rings. The molecule has 3 heterocycles. The Morgan fingerprint density at radius 3 is 2.91 bits per heavy atom. The second-order valence-corrected chi connectivity index (χ2v) is 9.10. The van der Waals surface area contributed by atoms with E-state index in [1.165, 1.54) is 23.2 Å². The summed E-state index contributed by atoms with van der Waals surface area (Å²) in [5, 5.41) is 19.8. The molecule has 2 aliphatic heterocycles. The van der Waals surface area contributed by atoms with Gasteiger partial charge in [0.1, 0.15) is 28.9 Å². The molecule has 0 radical (unpaired) electrons. The lowest BCUT2D eigenvalue weighted by atomic mass is 10.0. The molecular weight excluding hydrogens is 470 g/mol. The van der Waals surface area contributed by atoms with Crippen molar-refractivity contribution in [1.82, 2.24) is 15.2 Å². The Bertz CT molecular complexity index is 1110. The average molecular weight is 490 g/mol. The minimum Gasteiger partial charge on any atom is -0.477 e. The monoisotopic (exact) mass is 489 g/mol. The Morgan fingerprint density at radius 2 is 2.24 bits per heavy atom. The molecule has 11 nitrogen and oxygen atoms in total. The summed E-state index contributed by atoms with van der Waals surface area (Å²) in [5.74, 6) is -2.13. The number of carbonyl (C=O) groups excluding carboxylic acids is 3. The number of allylic oxidation sites excluding steroid dienone is 2. The number of hydrogen-bond donors (Lipinski definition) is 3. The van der Waals surface area contributed by atoms with Gasteiger partial charge < -0.3 is 20.6 Å². The molecule has 0 bridgehead atoms. The number of aliphatic carboxylic acids is 1. The summed E-state index contributed by atoms with van der Waals surface area (Å²) in [6.07, 6.45) is 6.94. The SMILES string of the molecule is C=CC1=C(C(=O)O)N2C(=O)C(NC(=O)/C(=N\OC3C=CCC3)c3csc(NC=O)n3)[C@H]2SC1. The van der Waals surface area contributed by atoms with Crippen molar-refractivity contribution in [2.75, 3.05) is 11.1 Å². The van der Waals surface area contributed by atoms with Crippen molar-refractivity contribution in [3.8, 4) is 0 Å². The van der Waals surface area contributed by atoms with Gasteiger partial charge in [-0.05, 0) is 24.5 Å². The number of thiazole rings is 1. The fourth-order valence-electron chi connectivity index (χ4n) is 3.53. The highest BCUT2D eigenvalue weighted by atomic mass is 32.2. The zero-order valence-corrected chi connectivity index (χ0v) is 18.7. The number of carboxylic acid groups (broad SMARTS) is 1. The van der Waals surface area contributed by atoms with Crippen LogP contribution in [-0.2, 0) is 24.0 Å². The number of amides is 3. The maximum absolute atomic E-state index is 13.1. The van der Waals surface area contributed by atoms with Gasteiger partial charge in [0, 0.05) is 11.1 Å². The molecule has 1 fully saturated rings. The van der Waals surface area contributed by atoms with E-state index in [1.54, 1.807) is 0 Å². The molecule has 3 amide bonds. The van der Waals surface area contributed by atoms with Gasteiger partial charge in [0.05, 0.1) is 0 Å². The van der Waals surface area contributed by atoms with Crippen LogP contribution < -0.4 is 10.6 Å². The lowest BCUT2D eigenvalue weighted by molar-refractivity contribution is -0.150. The highest BCUT2D eigenvalue weighted by Crippen LogP contribution is 2.40. The van der Waals surface area contributed by atoms with E-state index in [2.05, 4.69) is 27.4 Å². The molecule has 13 heteroatoms. The van der Waals surface area contributed by atoms with Crippen molar-refractivity contribution >= 4 is 58.1 Å². The molecule has 2 unspecified atom stereocenters. The number of aromatic nitrogens is 1. The zero-order valence-electron chi connectivity index (χ0n) is 17.1. The van der Waals surface area contributed by atoms with Gasteiger partial charge in [0.2, 0.25) is 6.41 Å². The summed E-state index contributed by atoms with van der Waals surface area (Å²) < 4.78 is 0. The van der Waals surface area contributed by atoms with Crippen LogP contribution in [0, 0.1) is 0 Å². The zero-order chi connectivity index (χ0) is 23.5. The van der Waals surface area contributed by atoms with Gasteiger partial charge in [-0.3, -0.25) is 19.3 Å². The molecule has 1 saturated heterocycles. The van der Waals surface area contributed by atoms with E-state index in [0.717, 1.165) is 29.1 Å². The number of rotatable bonds is 9. The molecule has 0 aromatic carbocycles. The molecule has 0 spiro atoms. The number of nitrogens with one attached hydrogen (secondary N) is 2. The van der Waals surface area contributed by atoms with E-state index in [1.807, 2.05) is 12.2 Å².